The van der Waals surface area contributed by atoms with Crippen LogP contribution in [0.3, 0.4) is 0 Å². The van der Waals surface area contributed by atoms with Crippen LogP contribution < -0.4 is 5.32 Å². The molecule has 0 bridgehead atoms. The predicted octanol–water partition coefficient (Wildman–Crippen LogP) is 1.81. The molecule has 3 rings (SSSR count). The molecule has 21 heavy (non-hydrogen) atoms. The first-order chi connectivity index (χ1) is 10.2. The molecule has 1 unspecified atom stereocenters. The number of nitrogens with one attached hydrogen (secondary N) is 1. The average Bonchev–Trinajstić information content (AvgIpc) is 2.90. The maximum atomic E-state index is 10.4. The summed E-state index contributed by atoms with van der Waals surface area (Å²) in [4.78, 5) is 8.53. The van der Waals surface area contributed by atoms with Crippen molar-refractivity contribution in [2.24, 2.45) is 5.92 Å². The summed E-state index contributed by atoms with van der Waals surface area (Å²) in [6.07, 6.45) is 6.98. The van der Waals surface area contributed by atoms with Crippen LogP contribution in [0.25, 0.3) is 0 Å². The zero-order valence-corrected chi connectivity index (χ0v) is 13.8. The molecule has 118 valence electrons. The first kappa shape index (κ1) is 15.4. The van der Waals surface area contributed by atoms with Gasteiger partial charge in [-0.05, 0) is 64.6 Å². The summed E-state index contributed by atoms with van der Waals surface area (Å²) in [7, 11) is 2.10. The normalized spacial score (nSPS) is 21.5. The van der Waals surface area contributed by atoms with Gasteiger partial charge < -0.3 is 10.4 Å². The van der Waals surface area contributed by atoms with Gasteiger partial charge in [0, 0.05) is 11.4 Å². The SMILES string of the molecule is CN(Cc1nc2c(s1)CCCC2)CC(O)C1CCNCC1. The molecule has 2 heterocycles. The van der Waals surface area contributed by atoms with E-state index in [-0.39, 0.29) is 6.10 Å². The molecule has 0 amide bonds. The second kappa shape index (κ2) is 7.18. The molecule has 0 saturated carbocycles. The summed E-state index contributed by atoms with van der Waals surface area (Å²) in [5.74, 6) is 0.457. The minimum atomic E-state index is -0.202. The van der Waals surface area contributed by atoms with Gasteiger partial charge in [-0.15, -0.1) is 11.3 Å². The molecule has 0 radical (unpaired) electrons. The molecule has 1 aromatic heterocycles. The lowest BCUT2D eigenvalue weighted by Gasteiger charge is -2.29. The van der Waals surface area contributed by atoms with Crippen molar-refractivity contribution in [2.45, 2.75) is 51.2 Å². The number of thiazole rings is 1. The van der Waals surface area contributed by atoms with Crippen LogP contribution in [-0.2, 0) is 19.4 Å². The van der Waals surface area contributed by atoms with Crippen LogP contribution in [0.5, 0.6) is 0 Å². The van der Waals surface area contributed by atoms with Gasteiger partial charge >= 0.3 is 0 Å². The molecule has 1 saturated heterocycles. The number of aryl methyl sites for hydroxylation is 2. The van der Waals surface area contributed by atoms with E-state index in [0.29, 0.717) is 5.92 Å². The Morgan fingerprint density at radius 2 is 2.10 bits per heavy atom. The summed E-state index contributed by atoms with van der Waals surface area (Å²) in [6.45, 7) is 3.73. The minimum absolute atomic E-state index is 0.202. The number of aliphatic hydroxyl groups is 1. The Balaban J connectivity index is 1.51. The Kier molecular flexibility index (Phi) is 5.27. The van der Waals surface area contributed by atoms with Crippen molar-refractivity contribution in [2.75, 3.05) is 26.7 Å². The number of hydrogen-bond acceptors (Lipinski definition) is 5. The van der Waals surface area contributed by atoms with E-state index in [9.17, 15) is 5.11 Å². The number of nitrogens with zero attached hydrogens (tertiary/aromatic N) is 2. The fraction of sp³-hybridized carbons (Fsp3) is 0.812. The van der Waals surface area contributed by atoms with E-state index in [4.69, 9.17) is 4.98 Å². The molecule has 5 heteroatoms. The number of rotatable bonds is 5. The topological polar surface area (TPSA) is 48.4 Å². The second-order valence-corrected chi connectivity index (χ2v) is 7.70. The monoisotopic (exact) mass is 309 g/mol. The molecule has 2 N–H and O–H groups in total. The summed E-state index contributed by atoms with van der Waals surface area (Å²) in [5, 5.41) is 15.0. The van der Waals surface area contributed by atoms with Crippen LogP contribution in [0.4, 0.5) is 0 Å². The zero-order chi connectivity index (χ0) is 14.7. The summed E-state index contributed by atoms with van der Waals surface area (Å²) >= 11 is 1.88. The highest BCUT2D eigenvalue weighted by molar-refractivity contribution is 7.11. The third-order valence-corrected chi connectivity index (χ3v) is 5.86. The Morgan fingerprint density at radius 1 is 1.33 bits per heavy atom. The minimum Gasteiger partial charge on any atom is -0.392 e. The summed E-state index contributed by atoms with van der Waals surface area (Å²) in [5.41, 5.74) is 1.34. The van der Waals surface area contributed by atoms with Crippen LogP contribution in [0.1, 0.15) is 41.3 Å². The summed E-state index contributed by atoms with van der Waals surface area (Å²) in [6, 6.07) is 0. The third-order valence-electron chi connectivity index (χ3n) is 4.72. The van der Waals surface area contributed by atoms with Gasteiger partial charge in [-0.1, -0.05) is 0 Å². The largest absolute Gasteiger partial charge is 0.392 e. The Morgan fingerprint density at radius 3 is 2.86 bits per heavy atom. The van der Waals surface area contributed by atoms with E-state index in [0.717, 1.165) is 45.4 Å². The Hall–Kier alpha value is -0.490. The standard InChI is InChI=1S/C16H27N3OS/c1-19(10-14(20)12-6-8-17-9-7-12)11-16-18-13-4-2-3-5-15(13)21-16/h12,14,17,20H,2-11H2,1H3. The molecule has 2 aliphatic rings. The summed E-state index contributed by atoms with van der Waals surface area (Å²) < 4.78 is 0. The molecule has 0 aromatic carbocycles. The number of piperidine rings is 1. The van der Waals surface area contributed by atoms with Gasteiger partial charge in [0.15, 0.2) is 0 Å². The van der Waals surface area contributed by atoms with Crippen LogP contribution in [0, 0.1) is 5.92 Å². The second-order valence-electron chi connectivity index (χ2n) is 6.54. The fourth-order valence-electron chi connectivity index (χ4n) is 3.47. The number of fused-ring (bicyclic) bond motifs is 1. The first-order valence-corrected chi connectivity index (χ1v) is 9.09. The fourth-order valence-corrected chi connectivity index (χ4v) is 4.70. The average molecular weight is 309 g/mol. The highest BCUT2D eigenvalue weighted by atomic mass is 32.1. The predicted molar refractivity (Wildman–Crippen MR) is 86.7 cm³/mol. The third kappa shape index (κ3) is 4.03. The van der Waals surface area contributed by atoms with Gasteiger partial charge in [0.25, 0.3) is 0 Å². The Bertz CT molecular complexity index is 433. The highest BCUT2D eigenvalue weighted by Gasteiger charge is 2.23. The van der Waals surface area contributed by atoms with Crippen LogP contribution >= 0.6 is 11.3 Å². The molecule has 1 aromatic rings. The van der Waals surface area contributed by atoms with E-state index >= 15 is 0 Å². The zero-order valence-electron chi connectivity index (χ0n) is 13.0. The van der Waals surface area contributed by atoms with Gasteiger partial charge in [-0.25, -0.2) is 4.98 Å². The molecule has 1 atom stereocenters. The van der Waals surface area contributed by atoms with E-state index in [1.54, 1.807) is 0 Å². The molecule has 0 spiro atoms. The molecule has 1 aliphatic heterocycles. The van der Waals surface area contributed by atoms with Crippen LogP contribution in [0.15, 0.2) is 0 Å². The van der Waals surface area contributed by atoms with E-state index in [2.05, 4.69) is 17.3 Å². The Labute approximate surface area is 131 Å². The van der Waals surface area contributed by atoms with Crippen LogP contribution in [-0.4, -0.2) is 47.8 Å². The first-order valence-electron chi connectivity index (χ1n) is 8.27. The van der Waals surface area contributed by atoms with Crippen molar-refractivity contribution >= 4 is 11.3 Å². The van der Waals surface area contributed by atoms with Crippen molar-refractivity contribution in [1.82, 2.24) is 15.2 Å². The van der Waals surface area contributed by atoms with Crippen molar-refractivity contribution in [3.8, 4) is 0 Å². The van der Waals surface area contributed by atoms with Crippen molar-refractivity contribution in [3.63, 3.8) is 0 Å². The van der Waals surface area contributed by atoms with Gasteiger partial charge in [0.1, 0.15) is 5.01 Å². The lowest BCUT2D eigenvalue weighted by molar-refractivity contribution is 0.0562. The maximum Gasteiger partial charge on any atom is 0.107 e. The molecular formula is C16H27N3OS. The molecule has 1 fully saturated rings. The number of likely N-dealkylation sites (N-methyl/N-ethyl adjacent to an activating group) is 1. The molecule has 4 nitrogen and oxygen atoms in total. The van der Waals surface area contributed by atoms with Gasteiger partial charge in [0.05, 0.1) is 18.3 Å². The number of aliphatic hydroxyl groups excluding tert-OH is 1. The highest BCUT2D eigenvalue weighted by Crippen LogP contribution is 2.27. The maximum absolute atomic E-state index is 10.4. The van der Waals surface area contributed by atoms with Crippen LogP contribution in [0.2, 0.25) is 0 Å². The molecular weight excluding hydrogens is 282 g/mol. The van der Waals surface area contributed by atoms with Gasteiger partial charge in [-0.2, -0.15) is 0 Å². The van der Waals surface area contributed by atoms with Crippen molar-refractivity contribution in [3.05, 3.63) is 15.6 Å². The smallest absolute Gasteiger partial charge is 0.107 e. The lowest BCUT2D eigenvalue weighted by Crippen LogP contribution is -2.39. The lowest BCUT2D eigenvalue weighted by atomic mass is 9.92. The number of hydrogen-bond donors (Lipinski definition) is 2. The van der Waals surface area contributed by atoms with Gasteiger partial charge in [0.2, 0.25) is 0 Å². The van der Waals surface area contributed by atoms with Gasteiger partial charge in [-0.3, -0.25) is 4.90 Å². The van der Waals surface area contributed by atoms with E-state index < -0.39 is 0 Å². The number of aromatic nitrogens is 1. The van der Waals surface area contributed by atoms with E-state index in [1.807, 2.05) is 11.3 Å². The van der Waals surface area contributed by atoms with Crippen molar-refractivity contribution in [1.29, 1.82) is 0 Å². The molecule has 1 aliphatic carbocycles. The quantitative estimate of drug-likeness (QED) is 0.871. The van der Waals surface area contributed by atoms with Crippen molar-refractivity contribution < 1.29 is 5.11 Å². The van der Waals surface area contributed by atoms with E-state index in [1.165, 1.54) is 34.8 Å².